The Morgan fingerprint density at radius 1 is 1.44 bits per heavy atom. The molecular formula is C13H22N2O3. The second-order valence-electron chi connectivity index (χ2n) is 5.60. The lowest BCUT2D eigenvalue weighted by Crippen LogP contribution is -2.54. The molecule has 0 radical (unpaired) electrons. The Bertz CT molecular complexity index is 350. The molecule has 0 aliphatic carbocycles. The summed E-state index contributed by atoms with van der Waals surface area (Å²) in [6.45, 7) is 5.74. The number of amides is 1. The molecule has 18 heavy (non-hydrogen) atoms. The first-order valence-corrected chi connectivity index (χ1v) is 6.77. The Balaban J connectivity index is 2.09. The van der Waals surface area contributed by atoms with Gasteiger partial charge in [0.2, 0.25) is 5.91 Å². The molecule has 0 aromatic rings. The summed E-state index contributed by atoms with van der Waals surface area (Å²) in [6, 6.07) is 0. The molecule has 0 aromatic heterocycles. The maximum atomic E-state index is 12.6. The minimum atomic E-state index is -0.789. The summed E-state index contributed by atoms with van der Waals surface area (Å²) in [7, 11) is 0. The number of nitrogens with one attached hydrogen (secondary N) is 1. The minimum absolute atomic E-state index is 0.0433. The van der Waals surface area contributed by atoms with E-state index in [0.29, 0.717) is 13.1 Å². The van der Waals surface area contributed by atoms with E-state index in [1.54, 1.807) is 4.90 Å². The fourth-order valence-corrected chi connectivity index (χ4v) is 3.20. The van der Waals surface area contributed by atoms with Crippen molar-refractivity contribution in [2.24, 2.45) is 11.8 Å². The molecule has 2 aliphatic heterocycles. The summed E-state index contributed by atoms with van der Waals surface area (Å²) in [5.41, 5.74) is -0.437. The predicted octanol–water partition coefficient (Wildman–Crippen LogP) is 0.698. The van der Waals surface area contributed by atoms with Crippen LogP contribution in [0.25, 0.3) is 0 Å². The van der Waals surface area contributed by atoms with Crippen molar-refractivity contribution in [3.05, 3.63) is 0 Å². The summed E-state index contributed by atoms with van der Waals surface area (Å²) in [4.78, 5) is 25.4. The van der Waals surface area contributed by atoms with Crippen molar-refractivity contribution in [3.63, 3.8) is 0 Å². The summed E-state index contributed by atoms with van der Waals surface area (Å²) in [5, 5.41) is 12.4. The predicted molar refractivity (Wildman–Crippen MR) is 67.1 cm³/mol. The van der Waals surface area contributed by atoms with Crippen molar-refractivity contribution < 1.29 is 14.7 Å². The van der Waals surface area contributed by atoms with Gasteiger partial charge in [-0.3, -0.25) is 9.59 Å². The molecule has 0 saturated carbocycles. The number of nitrogens with zero attached hydrogens (tertiary/aromatic N) is 1. The fraction of sp³-hybridized carbons (Fsp3) is 0.846. The van der Waals surface area contributed by atoms with Crippen molar-refractivity contribution in [2.75, 3.05) is 19.6 Å². The highest BCUT2D eigenvalue weighted by molar-refractivity contribution is 5.87. The molecule has 2 rings (SSSR count). The second-order valence-corrected chi connectivity index (χ2v) is 5.60. The average molecular weight is 254 g/mol. The summed E-state index contributed by atoms with van der Waals surface area (Å²) in [6.07, 6.45) is 2.66. The van der Waals surface area contributed by atoms with Crippen LogP contribution < -0.4 is 5.32 Å². The molecule has 2 N–H and O–H groups in total. The summed E-state index contributed by atoms with van der Waals surface area (Å²) >= 11 is 0. The third kappa shape index (κ3) is 2.11. The normalized spacial score (nSPS) is 36.0. The van der Waals surface area contributed by atoms with Gasteiger partial charge in [0.25, 0.3) is 0 Å². The number of carbonyl (C=O) groups excluding carboxylic acids is 1. The maximum Gasteiger partial charge on any atom is 0.308 e. The molecule has 3 atom stereocenters. The smallest absolute Gasteiger partial charge is 0.308 e. The molecule has 2 saturated heterocycles. The van der Waals surface area contributed by atoms with Crippen molar-refractivity contribution in [2.45, 2.75) is 38.6 Å². The van der Waals surface area contributed by atoms with E-state index in [-0.39, 0.29) is 11.8 Å². The van der Waals surface area contributed by atoms with Gasteiger partial charge in [-0.1, -0.05) is 13.8 Å². The van der Waals surface area contributed by atoms with Crippen LogP contribution in [0, 0.1) is 11.8 Å². The zero-order chi connectivity index (χ0) is 13.3. The highest BCUT2D eigenvalue weighted by Gasteiger charge is 2.46. The molecule has 3 unspecified atom stereocenters. The van der Waals surface area contributed by atoms with Crippen molar-refractivity contribution in [1.29, 1.82) is 0 Å². The van der Waals surface area contributed by atoms with E-state index in [4.69, 9.17) is 5.11 Å². The van der Waals surface area contributed by atoms with Gasteiger partial charge in [-0.15, -0.1) is 0 Å². The molecule has 5 heteroatoms. The summed E-state index contributed by atoms with van der Waals surface area (Å²) < 4.78 is 0. The van der Waals surface area contributed by atoms with Gasteiger partial charge in [-0.2, -0.15) is 0 Å². The van der Waals surface area contributed by atoms with Crippen LogP contribution in [0.5, 0.6) is 0 Å². The standard InChI is InChI=1S/C13H22N2O3/c1-3-13(5-4-6-14-13)12(18)15-7-9(2)10(8-15)11(16)17/h9-10,14H,3-8H2,1-2H3,(H,16,17). The fourth-order valence-electron chi connectivity index (χ4n) is 3.20. The van der Waals surface area contributed by atoms with Gasteiger partial charge < -0.3 is 15.3 Å². The van der Waals surface area contributed by atoms with E-state index in [0.717, 1.165) is 25.8 Å². The van der Waals surface area contributed by atoms with Crippen LogP contribution in [0.4, 0.5) is 0 Å². The number of hydrogen-bond donors (Lipinski definition) is 2. The van der Waals surface area contributed by atoms with Crippen LogP contribution >= 0.6 is 0 Å². The zero-order valence-electron chi connectivity index (χ0n) is 11.1. The molecule has 2 aliphatic rings. The Morgan fingerprint density at radius 3 is 2.61 bits per heavy atom. The first kappa shape index (κ1) is 13.3. The number of rotatable bonds is 3. The SMILES string of the molecule is CCC1(C(=O)N2CC(C)C(C(=O)O)C2)CCCN1. The van der Waals surface area contributed by atoms with E-state index >= 15 is 0 Å². The van der Waals surface area contributed by atoms with E-state index < -0.39 is 17.4 Å². The third-order valence-electron chi connectivity index (χ3n) is 4.47. The molecular weight excluding hydrogens is 232 g/mol. The number of carbonyl (C=O) groups is 2. The lowest BCUT2D eigenvalue weighted by molar-refractivity contribution is -0.142. The number of hydrogen-bond acceptors (Lipinski definition) is 3. The van der Waals surface area contributed by atoms with Crippen LogP contribution in [-0.2, 0) is 9.59 Å². The van der Waals surface area contributed by atoms with Crippen molar-refractivity contribution in [1.82, 2.24) is 10.2 Å². The number of aliphatic carboxylic acids is 1. The first-order chi connectivity index (χ1) is 8.50. The highest BCUT2D eigenvalue weighted by Crippen LogP contribution is 2.30. The topological polar surface area (TPSA) is 69.6 Å². The van der Waals surface area contributed by atoms with Gasteiger partial charge in [0, 0.05) is 13.1 Å². The van der Waals surface area contributed by atoms with Gasteiger partial charge in [-0.05, 0) is 31.7 Å². The van der Waals surface area contributed by atoms with Gasteiger partial charge in [0.1, 0.15) is 0 Å². The molecule has 0 spiro atoms. The lowest BCUT2D eigenvalue weighted by atomic mass is 9.92. The van der Waals surface area contributed by atoms with Crippen LogP contribution in [0.1, 0.15) is 33.1 Å². The van der Waals surface area contributed by atoms with Gasteiger partial charge in [-0.25, -0.2) is 0 Å². The minimum Gasteiger partial charge on any atom is -0.481 e. The van der Waals surface area contributed by atoms with Crippen LogP contribution in [0.15, 0.2) is 0 Å². The average Bonchev–Trinajstić information content (AvgIpc) is 2.95. The molecule has 2 fully saturated rings. The largest absolute Gasteiger partial charge is 0.481 e. The molecule has 0 aromatic carbocycles. The monoisotopic (exact) mass is 254 g/mol. The van der Waals surface area contributed by atoms with E-state index in [1.807, 2.05) is 13.8 Å². The molecule has 102 valence electrons. The van der Waals surface area contributed by atoms with Gasteiger partial charge in [0.05, 0.1) is 11.5 Å². The highest BCUT2D eigenvalue weighted by atomic mass is 16.4. The molecule has 5 nitrogen and oxygen atoms in total. The lowest BCUT2D eigenvalue weighted by Gasteiger charge is -2.31. The van der Waals surface area contributed by atoms with E-state index in [2.05, 4.69) is 5.32 Å². The van der Waals surface area contributed by atoms with Crippen LogP contribution in [0.3, 0.4) is 0 Å². The molecule has 2 heterocycles. The number of likely N-dealkylation sites (tertiary alicyclic amines) is 1. The van der Waals surface area contributed by atoms with Gasteiger partial charge in [0.15, 0.2) is 0 Å². The number of carboxylic acids is 1. The van der Waals surface area contributed by atoms with Crippen LogP contribution in [0.2, 0.25) is 0 Å². The first-order valence-electron chi connectivity index (χ1n) is 6.77. The van der Waals surface area contributed by atoms with Crippen LogP contribution in [-0.4, -0.2) is 47.1 Å². The van der Waals surface area contributed by atoms with Gasteiger partial charge >= 0.3 is 5.97 Å². The Labute approximate surface area is 108 Å². The van der Waals surface area contributed by atoms with E-state index in [9.17, 15) is 9.59 Å². The van der Waals surface area contributed by atoms with E-state index in [1.165, 1.54) is 0 Å². The zero-order valence-corrected chi connectivity index (χ0v) is 11.1. The number of carboxylic acid groups (broad SMARTS) is 1. The quantitative estimate of drug-likeness (QED) is 0.778. The Kier molecular flexibility index (Phi) is 3.61. The molecule has 0 bridgehead atoms. The summed E-state index contributed by atoms with van der Waals surface area (Å²) in [5.74, 6) is -1.06. The Hall–Kier alpha value is -1.10. The molecule has 1 amide bonds. The Morgan fingerprint density at radius 2 is 2.17 bits per heavy atom. The third-order valence-corrected chi connectivity index (χ3v) is 4.47. The van der Waals surface area contributed by atoms with Crippen molar-refractivity contribution in [3.8, 4) is 0 Å². The van der Waals surface area contributed by atoms with Crippen molar-refractivity contribution >= 4 is 11.9 Å². The maximum absolute atomic E-state index is 12.6. The second kappa shape index (κ2) is 4.88.